The number of rotatable bonds is 6. The number of benzene rings is 2. The van der Waals surface area contributed by atoms with E-state index in [1.807, 2.05) is 55.5 Å². The van der Waals surface area contributed by atoms with Crippen molar-refractivity contribution >= 4 is 16.5 Å². The lowest BCUT2D eigenvalue weighted by Gasteiger charge is -2.08. The van der Waals surface area contributed by atoms with E-state index >= 15 is 0 Å². The lowest BCUT2D eigenvalue weighted by molar-refractivity contribution is 0.318. The van der Waals surface area contributed by atoms with Crippen molar-refractivity contribution in [1.82, 2.24) is 0 Å². The zero-order valence-electron chi connectivity index (χ0n) is 11.5. The predicted octanol–water partition coefficient (Wildman–Crippen LogP) is 3.15. The standard InChI is InChI=1S/C16H19NO2S/c1-13-8-9-16(15(17)12-13)20(18)11-5-10-19-14-6-3-2-4-7-14/h2-4,6-9,12H,5,10-11,17H2,1H3. The molecule has 0 aromatic heterocycles. The van der Waals surface area contributed by atoms with Crippen LogP contribution in [0.1, 0.15) is 12.0 Å². The summed E-state index contributed by atoms with van der Waals surface area (Å²) in [5.41, 5.74) is 7.58. The van der Waals surface area contributed by atoms with E-state index in [1.165, 1.54) is 0 Å². The Hall–Kier alpha value is -1.81. The van der Waals surface area contributed by atoms with Crippen LogP contribution in [0.5, 0.6) is 5.75 Å². The van der Waals surface area contributed by atoms with Gasteiger partial charge in [0.1, 0.15) is 5.75 Å². The minimum Gasteiger partial charge on any atom is -0.494 e. The van der Waals surface area contributed by atoms with Gasteiger partial charge in [-0.05, 0) is 43.2 Å². The molecule has 2 rings (SSSR count). The summed E-state index contributed by atoms with van der Waals surface area (Å²) < 4.78 is 17.7. The maximum absolute atomic E-state index is 12.2. The van der Waals surface area contributed by atoms with Gasteiger partial charge in [-0.25, -0.2) is 0 Å². The van der Waals surface area contributed by atoms with Gasteiger partial charge >= 0.3 is 0 Å². The predicted molar refractivity (Wildman–Crippen MR) is 83.4 cm³/mol. The van der Waals surface area contributed by atoms with Gasteiger partial charge in [0.2, 0.25) is 0 Å². The highest BCUT2D eigenvalue weighted by Gasteiger charge is 2.07. The first kappa shape index (κ1) is 14.6. The molecule has 0 aliphatic carbocycles. The van der Waals surface area contributed by atoms with Gasteiger partial charge in [-0.2, -0.15) is 0 Å². The van der Waals surface area contributed by atoms with Crippen LogP contribution in [0.3, 0.4) is 0 Å². The second kappa shape index (κ2) is 7.10. The van der Waals surface area contributed by atoms with Gasteiger partial charge in [0.15, 0.2) is 0 Å². The molecule has 0 aliphatic heterocycles. The number of aryl methyl sites for hydroxylation is 1. The third-order valence-electron chi connectivity index (χ3n) is 2.90. The van der Waals surface area contributed by atoms with Crippen molar-refractivity contribution in [3.05, 3.63) is 54.1 Å². The average Bonchev–Trinajstić information content (AvgIpc) is 2.44. The molecule has 0 saturated carbocycles. The van der Waals surface area contributed by atoms with Crippen LogP contribution in [0.15, 0.2) is 53.4 Å². The Labute approximate surface area is 122 Å². The van der Waals surface area contributed by atoms with Gasteiger partial charge in [0.25, 0.3) is 0 Å². The third kappa shape index (κ3) is 4.10. The highest BCUT2D eigenvalue weighted by molar-refractivity contribution is 7.85. The Morgan fingerprint density at radius 2 is 1.90 bits per heavy atom. The molecule has 20 heavy (non-hydrogen) atoms. The highest BCUT2D eigenvalue weighted by atomic mass is 32.2. The minimum absolute atomic E-state index is 0.556. The fraction of sp³-hybridized carbons (Fsp3) is 0.250. The van der Waals surface area contributed by atoms with Crippen LogP contribution in [0.2, 0.25) is 0 Å². The Kier molecular flexibility index (Phi) is 5.18. The number of nitrogen functional groups attached to an aromatic ring is 1. The number of para-hydroxylation sites is 1. The van der Waals surface area contributed by atoms with Crippen LogP contribution in [0.25, 0.3) is 0 Å². The molecule has 0 aliphatic rings. The van der Waals surface area contributed by atoms with E-state index in [9.17, 15) is 4.21 Å². The molecule has 2 aromatic rings. The molecule has 0 fully saturated rings. The van der Waals surface area contributed by atoms with Crippen LogP contribution >= 0.6 is 0 Å². The van der Waals surface area contributed by atoms with Crippen LogP contribution in [0.4, 0.5) is 5.69 Å². The maximum Gasteiger partial charge on any atom is 0.119 e. The van der Waals surface area contributed by atoms with Gasteiger partial charge in [0.05, 0.1) is 22.3 Å². The first-order chi connectivity index (χ1) is 9.66. The molecule has 0 spiro atoms. The second-order valence-corrected chi connectivity index (χ2v) is 6.15. The lowest BCUT2D eigenvalue weighted by atomic mass is 10.2. The summed E-state index contributed by atoms with van der Waals surface area (Å²) in [6.45, 7) is 2.53. The summed E-state index contributed by atoms with van der Waals surface area (Å²) >= 11 is 0. The molecule has 2 N–H and O–H groups in total. The Morgan fingerprint density at radius 1 is 1.15 bits per heavy atom. The first-order valence-corrected chi connectivity index (χ1v) is 7.91. The van der Waals surface area contributed by atoms with E-state index < -0.39 is 10.8 Å². The molecular weight excluding hydrogens is 270 g/mol. The monoisotopic (exact) mass is 289 g/mol. The van der Waals surface area contributed by atoms with Gasteiger partial charge in [0, 0.05) is 11.4 Å². The summed E-state index contributed by atoms with van der Waals surface area (Å²) in [5.74, 6) is 1.40. The van der Waals surface area contributed by atoms with Crippen molar-refractivity contribution in [2.75, 3.05) is 18.1 Å². The van der Waals surface area contributed by atoms with Crippen LogP contribution in [-0.2, 0) is 10.8 Å². The fourth-order valence-corrected chi connectivity index (χ4v) is 3.02. The SMILES string of the molecule is Cc1ccc(S(=O)CCCOc2ccccc2)c(N)c1. The number of hydrogen-bond donors (Lipinski definition) is 1. The smallest absolute Gasteiger partial charge is 0.119 e. The minimum atomic E-state index is -1.07. The summed E-state index contributed by atoms with van der Waals surface area (Å²) in [4.78, 5) is 0.718. The van der Waals surface area contributed by atoms with Crippen LogP contribution < -0.4 is 10.5 Å². The van der Waals surface area contributed by atoms with Gasteiger partial charge in [-0.1, -0.05) is 24.3 Å². The topological polar surface area (TPSA) is 52.3 Å². The van der Waals surface area contributed by atoms with Crippen molar-refractivity contribution < 1.29 is 8.95 Å². The fourth-order valence-electron chi connectivity index (χ4n) is 1.88. The Morgan fingerprint density at radius 3 is 2.60 bits per heavy atom. The van der Waals surface area contributed by atoms with Gasteiger partial charge < -0.3 is 10.5 Å². The molecular formula is C16H19NO2S. The van der Waals surface area contributed by atoms with Crippen molar-refractivity contribution in [2.45, 2.75) is 18.2 Å². The van der Waals surface area contributed by atoms with E-state index in [2.05, 4.69) is 0 Å². The molecule has 4 heteroatoms. The van der Waals surface area contributed by atoms with Crippen molar-refractivity contribution in [3.63, 3.8) is 0 Å². The normalized spacial score (nSPS) is 12.1. The van der Waals surface area contributed by atoms with E-state index in [-0.39, 0.29) is 0 Å². The number of hydrogen-bond acceptors (Lipinski definition) is 3. The molecule has 2 aromatic carbocycles. The Bertz CT molecular complexity index is 584. The van der Waals surface area contributed by atoms with E-state index in [0.29, 0.717) is 18.0 Å². The van der Waals surface area contributed by atoms with Crippen LogP contribution in [0, 0.1) is 6.92 Å². The van der Waals surface area contributed by atoms with Crippen molar-refractivity contribution in [1.29, 1.82) is 0 Å². The first-order valence-electron chi connectivity index (χ1n) is 6.59. The number of nitrogens with two attached hydrogens (primary N) is 1. The molecule has 3 nitrogen and oxygen atoms in total. The second-order valence-electron chi connectivity index (χ2n) is 4.61. The molecule has 106 valence electrons. The number of ether oxygens (including phenoxy) is 1. The molecule has 0 saturated heterocycles. The van der Waals surface area contributed by atoms with E-state index in [0.717, 1.165) is 22.6 Å². The zero-order chi connectivity index (χ0) is 14.4. The molecule has 0 heterocycles. The quantitative estimate of drug-likeness (QED) is 0.656. The van der Waals surface area contributed by atoms with Crippen molar-refractivity contribution in [2.24, 2.45) is 0 Å². The van der Waals surface area contributed by atoms with E-state index in [4.69, 9.17) is 10.5 Å². The lowest BCUT2D eigenvalue weighted by Crippen LogP contribution is -2.06. The Balaban J connectivity index is 1.80. The zero-order valence-corrected chi connectivity index (χ0v) is 12.4. The van der Waals surface area contributed by atoms with E-state index in [1.54, 1.807) is 0 Å². The third-order valence-corrected chi connectivity index (χ3v) is 4.42. The van der Waals surface area contributed by atoms with Gasteiger partial charge in [-0.3, -0.25) is 4.21 Å². The largest absolute Gasteiger partial charge is 0.494 e. The summed E-state index contributed by atoms with van der Waals surface area (Å²) in [6.07, 6.45) is 0.731. The van der Waals surface area contributed by atoms with Gasteiger partial charge in [-0.15, -0.1) is 0 Å². The summed E-state index contributed by atoms with van der Waals surface area (Å²) in [5, 5.41) is 0. The maximum atomic E-state index is 12.2. The molecule has 1 unspecified atom stereocenters. The molecule has 0 radical (unpaired) electrons. The highest BCUT2D eigenvalue weighted by Crippen LogP contribution is 2.18. The summed E-state index contributed by atoms with van der Waals surface area (Å²) in [6, 6.07) is 15.3. The molecule has 1 atom stereocenters. The van der Waals surface area contributed by atoms with Crippen molar-refractivity contribution in [3.8, 4) is 5.75 Å². The summed E-state index contributed by atoms with van der Waals surface area (Å²) in [7, 11) is -1.07. The molecule has 0 amide bonds. The van der Waals surface area contributed by atoms with Crippen LogP contribution in [-0.4, -0.2) is 16.6 Å². The average molecular weight is 289 g/mol. The molecule has 0 bridgehead atoms. The number of anilines is 1.